The van der Waals surface area contributed by atoms with Crippen LogP contribution in [0.5, 0.6) is 0 Å². The summed E-state index contributed by atoms with van der Waals surface area (Å²) in [4.78, 5) is 11.3. The minimum absolute atomic E-state index is 0.247. The van der Waals surface area contributed by atoms with Crippen molar-refractivity contribution >= 4 is 5.78 Å². The van der Waals surface area contributed by atoms with Crippen LogP contribution in [0.15, 0.2) is 42.0 Å². The molecule has 0 saturated carbocycles. The number of allylic oxidation sites excluding steroid dienone is 2. The molecule has 0 heterocycles. The van der Waals surface area contributed by atoms with E-state index in [-0.39, 0.29) is 5.56 Å². The van der Waals surface area contributed by atoms with E-state index in [1.165, 1.54) is 18.2 Å². The first-order valence-electron chi connectivity index (χ1n) is 4.58. The van der Waals surface area contributed by atoms with Crippen LogP contribution in [0.25, 0.3) is 0 Å². The SMILES string of the molecule is O=C(C=C(C(F)(F)F)C(F)(F)F)c1ccccc1. The molecule has 0 fully saturated rings. The molecule has 98 valence electrons. The van der Waals surface area contributed by atoms with Crippen molar-refractivity contribution < 1.29 is 31.1 Å². The van der Waals surface area contributed by atoms with Gasteiger partial charge in [-0.3, -0.25) is 4.79 Å². The largest absolute Gasteiger partial charge is 0.421 e. The highest BCUT2D eigenvalue weighted by molar-refractivity contribution is 6.05. The van der Waals surface area contributed by atoms with Gasteiger partial charge in [-0.1, -0.05) is 30.3 Å². The molecule has 0 unspecified atom stereocenters. The van der Waals surface area contributed by atoms with E-state index in [9.17, 15) is 31.1 Å². The molecule has 1 aromatic rings. The first kappa shape index (κ1) is 14.3. The number of halogens is 6. The van der Waals surface area contributed by atoms with Gasteiger partial charge in [0.2, 0.25) is 0 Å². The van der Waals surface area contributed by atoms with Crippen LogP contribution in [0.4, 0.5) is 26.3 Å². The van der Waals surface area contributed by atoms with Gasteiger partial charge in [0.15, 0.2) is 5.78 Å². The lowest BCUT2D eigenvalue weighted by Crippen LogP contribution is -2.27. The summed E-state index contributed by atoms with van der Waals surface area (Å²) in [5, 5.41) is 0. The number of benzene rings is 1. The van der Waals surface area contributed by atoms with Gasteiger partial charge >= 0.3 is 12.4 Å². The highest BCUT2D eigenvalue weighted by atomic mass is 19.4. The van der Waals surface area contributed by atoms with E-state index < -0.39 is 29.8 Å². The third-order valence-electron chi connectivity index (χ3n) is 1.94. The van der Waals surface area contributed by atoms with Crippen LogP contribution in [-0.2, 0) is 0 Å². The van der Waals surface area contributed by atoms with E-state index in [0.717, 1.165) is 12.1 Å². The van der Waals surface area contributed by atoms with Gasteiger partial charge in [0.1, 0.15) is 5.57 Å². The molecule has 7 heteroatoms. The van der Waals surface area contributed by atoms with Gasteiger partial charge in [0.25, 0.3) is 0 Å². The molecule has 0 amide bonds. The molecule has 0 saturated heterocycles. The summed E-state index contributed by atoms with van der Waals surface area (Å²) in [6.07, 6.45) is -11.7. The normalized spacial score (nSPS) is 12.1. The fraction of sp³-hybridized carbons (Fsp3) is 0.182. The van der Waals surface area contributed by atoms with Gasteiger partial charge in [0, 0.05) is 11.6 Å². The minimum atomic E-state index is -5.62. The fourth-order valence-electron chi connectivity index (χ4n) is 1.14. The average Bonchev–Trinajstić information content (AvgIpc) is 2.23. The number of rotatable bonds is 2. The van der Waals surface area contributed by atoms with Crippen molar-refractivity contribution in [3.05, 3.63) is 47.5 Å². The summed E-state index contributed by atoms with van der Waals surface area (Å²) in [5.41, 5.74) is -3.06. The third kappa shape index (κ3) is 3.61. The lowest BCUT2D eigenvalue weighted by Gasteiger charge is -2.14. The molecule has 0 radical (unpaired) electrons. The molecule has 18 heavy (non-hydrogen) atoms. The van der Waals surface area contributed by atoms with Crippen molar-refractivity contribution in [2.75, 3.05) is 0 Å². The Morgan fingerprint density at radius 3 is 1.72 bits per heavy atom. The molecule has 0 N–H and O–H groups in total. The molecule has 0 aromatic heterocycles. The predicted molar refractivity (Wildman–Crippen MR) is 51.0 cm³/mol. The van der Waals surface area contributed by atoms with Crippen LogP contribution >= 0.6 is 0 Å². The van der Waals surface area contributed by atoms with Gasteiger partial charge in [-0.25, -0.2) is 0 Å². The maximum atomic E-state index is 12.2. The maximum absolute atomic E-state index is 12.2. The van der Waals surface area contributed by atoms with Crippen molar-refractivity contribution in [2.45, 2.75) is 12.4 Å². The average molecular weight is 268 g/mol. The number of ketones is 1. The predicted octanol–water partition coefficient (Wildman–Crippen LogP) is 3.92. The summed E-state index contributed by atoms with van der Waals surface area (Å²) in [6.45, 7) is 0. The molecule has 0 aliphatic heterocycles. The van der Waals surface area contributed by atoms with E-state index in [2.05, 4.69) is 0 Å². The Morgan fingerprint density at radius 1 is 0.889 bits per heavy atom. The van der Waals surface area contributed by atoms with Crippen LogP contribution in [-0.4, -0.2) is 18.1 Å². The van der Waals surface area contributed by atoms with Gasteiger partial charge in [-0.05, 0) is 0 Å². The minimum Gasteiger partial charge on any atom is -0.289 e. The lowest BCUT2D eigenvalue weighted by molar-refractivity contribution is -0.171. The number of hydrogen-bond donors (Lipinski definition) is 0. The molecule has 0 bridgehead atoms. The van der Waals surface area contributed by atoms with Crippen molar-refractivity contribution in [1.29, 1.82) is 0 Å². The molecule has 1 nitrogen and oxygen atoms in total. The Morgan fingerprint density at radius 2 is 1.33 bits per heavy atom. The fourth-order valence-corrected chi connectivity index (χ4v) is 1.14. The Hall–Kier alpha value is -1.79. The lowest BCUT2D eigenvalue weighted by atomic mass is 10.1. The number of carbonyl (C=O) groups is 1. The molecule has 1 rings (SSSR count). The zero-order valence-corrected chi connectivity index (χ0v) is 8.64. The molecule has 1 aromatic carbocycles. The van der Waals surface area contributed by atoms with Gasteiger partial charge in [-0.15, -0.1) is 0 Å². The van der Waals surface area contributed by atoms with Gasteiger partial charge in [-0.2, -0.15) is 26.3 Å². The highest BCUT2D eigenvalue weighted by Gasteiger charge is 2.51. The highest BCUT2D eigenvalue weighted by Crippen LogP contribution is 2.38. The van der Waals surface area contributed by atoms with Crippen molar-refractivity contribution in [1.82, 2.24) is 0 Å². The van der Waals surface area contributed by atoms with Crippen LogP contribution in [0.3, 0.4) is 0 Å². The summed E-state index contributed by atoms with van der Waals surface area (Å²) in [7, 11) is 0. The van der Waals surface area contributed by atoms with E-state index in [1.807, 2.05) is 0 Å². The third-order valence-corrected chi connectivity index (χ3v) is 1.94. The van der Waals surface area contributed by atoms with E-state index in [0.29, 0.717) is 0 Å². The number of carbonyl (C=O) groups excluding carboxylic acids is 1. The standard InChI is InChI=1S/C11H6F6O/c12-10(13,14)9(11(15,16)17)6-8(18)7-4-2-1-3-5-7/h1-6H. The van der Waals surface area contributed by atoms with Crippen molar-refractivity contribution in [2.24, 2.45) is 0 Å². The second-order valence-corrected chi connectivity index (χ2v) is 3.28. The van der Waals surface area contributed by atoms with Crippen LogP contribution in [0.1, 0.15) is 10.4 Å². The zero-order valence-electron chi connectivity index (χ0n) is 8.64. The second kappa shape index (κ2) is 4.83. The number of hydrogen-bond acceptors (Lipinski definition) is 1. The van der Waals surface area contributed by atoms with E-state index in [4.69, 9.17) is 0 Å². The molecular formula is C11H6F6O. The maximum Gasteiger partial charge on any atom is 0.421 e. The van der Waals surface area contributed by atoms with Crippen LogP contribution in [0, 0.1) is 0 Å². The summed E-state index contributed by atoms with van der Waals surface area (Å²) >= 11 is 0. The second-order valence-electron chi connectivity index (χ2n) is 3.28. The number of alkyl halides is 6. The first-order chi connectivity index (χ1) is 8.12. The summed E-state index contributed by atoms with van der Waals surface area (Å²) in [6, 6.07) is 6.41. The Balaban J connectivity index is 3.16. The summed E-state index contributed by atoms with van der Waals surface area (Å²) < 4.78 is 72.9. The topological polar surface area (TPSA) is 17.1 Å². The summed E-state index contributed by atoms with van der Waals surface area (Å²) in [5.74, 6) is -1.35. The smallest absolute Gasteiger partial charge is 0.289 e. The molecule has 0 aliphatic carbocycles. The molecule has 0 atom stereocenters. The van der Waals surface area contributed by atoms with E-state index in [1.54, 1.807) is 0 Å². The van der Waals surface area contributed by atoms with Crippen LogP contribution in [0.2, 0.25) is 0 Å². The Labute approximate surface area is 97.7 Å². The molecule has 0 aliphatic rings. The zero-order chi connectivity index (χ0) is 14.0. The first-order valence-corrected chi connectivity index (χ1v) is 4.58. The monoisotopic (exact) mass is 268 g/mol. The molecule has 0 spiro atoms. The Kier molecular flexibility index (Phi) is 3.83. The van der Waals surface area contributed by atoms with Crippen LogP contribution < -0.4 is 0 Å². The van der Waals surface area contributed by atoms with Gasteiger partial charge in [0.05, 0.1) is 0 Å². The molecular weight excluding hydrogens is 262 g/mol. The Bertz CT molecular complexity index is 439. The van der Waals surface area contributed by atoms with Crippen molar-refractivity contribution in [3.63, 3.8) is 0 Å². The quantitative estimate of drug-likeness (QED) is 0.451. The van der Waals surface area contributed by atoms with Gasteiger partial charge < -0.3 is 0 Å². The van der Waals surface area contributed by atoms with Crippen molar-refractivity contribution in [3.8, 4) is 0 Å². The van der Waals surface area contributed by atoms with E-state index >= 15 is 0 Å².